The molecule has 0 aromatic heterocycles. The van der Waals surface area contributed by atoms with E-state index in [4.69, 9.17) is 40.2 Å². The van der Waals surface area contributed by atoms with Crippen molar-refractivity contribution in [3.05, 3.63) is 69.0 Å². The lowest BCUT2D eigenvalue weighted by Gasteiger charge is -2.31. The smallest absolute Gasteiger partial charge is 0.265 e. The van der Waals surface area contributed by atoms with Crippen molar-refractivity contribution in [1.29, 1.82) is 0 Å². The number of carbonyl (C=O) groups is 2. The maximum atomic E-state index is 13.3. The van der Waals surface area contributed by atoms with Crippen molar-refractivity contribution in [3.8, 4) is 5.75 Å². The molecule has 1 fully saturated rings. The molecule has 0 spiro atoms. The van der Waals surface area contributed by atoms with Crippen molar-refractivity contribution in [2.45, 2.75) is 6.61 Å². The Kier molecular flexibility index (Phi) is 6.21. The van der Waals surface area contributed by atoms with Crippen LogP contribution in [0.1, 0.15) is 11.1 Å². The zero-order valence-electron chi connectivity index (χ0n) is 15.4. The number of nitrogens with zero attached hydrogens (tertiary/aromatic N) is 2. The van der Waals surface area contributed by atoms with Crippen LogP contribution < -0.4 is 4.74 Å². The Morgan fingerprint density at radius 1 is 1.07 bits per heavy atom. The van der Waals surface area contributed by atoms with Gasteiger partial charge in [-0.2, -0.15) is 0 Å². The highest BCUT2D eigenvalue weighted by atomic mass is 35.5. The number of likely N-dealkylation sites (N-methyl/N-ethyl adjacent to an activating group) is 2. The Bertz CT molecular complexity index is 1010. The van der Waals surface area contributed by atoms with Crippen molar-refractivity contribution in [3.63, 3.8) is 0 Å². The fourth-order valence-electron chi connectivity index (χ4n) is 2.72. The number of ether oxygens (including phenoxy) is 1. The summed E-state index contributed by atoms with van der Waals surface area (Å²) in [5.74, 6) is -1.19. The molecule has 0 atom stereocenters. The number of benzene rings is 2. The van der Waals surface area contributed by atoms with Gasteiger partial charge >= 0.3 is 0 Å². The molecule has 0 aliphatic carbocycles. The van der Waals surface area contributed by atoms with E-state index < -0.39 is 11.8 Å². The molecule has 9 heteroatoms. The Morgan fingerprint density at radius 2 is 1.66 bits per heavy atom. The first-order valence-electron chi connectivity index (χ1n) is 8.37. The lowest BCUT2D eigenvalue weighted by atomic mass is 10.1. The van der Waals surface area contributed by atoms with Crippen LogP contribution in [-0.4, -0.2) is 40.8 Å². The summed E-state index contributed by atoms with van der Waals surface area (Å²) in [6.45, 7) is 0.0711. The lowest BCUT2D eigenvalue weighted by Crippen LogP contribution is -2.52. The van der Waals surface area contributed by atoms with Gasteiger partial charge in [0.15, 0.2) is 10.9 Å². The summed E-state index contributed by atoms with van der Waals surface area (Å²) < 4.78 is 18.9. The van der Waals surface area contributed by atoms with Crippen LogP contribution in [-0.2, 0) is 16.2 Å². The molecular formula is C20H15Cl2FN2O3S. The lowest BCUT2D eigenvalue weighted by molar-refractivity contribution is -0.132. The largest absolute Gasteiger partial charge is 0.486 e. The van der Waals surface area contributed by atoms with Gasteiger partial charge in [-0.25, -0.2) is 4.39 Å². The molecule has 1 aliphatic rings. The third-order valence-corrected chi connectivity index (χ3v) is 5.36. The van der Waals surface area contributed by atoms with Gasteiger partial charge in [0.2, 0.25) is 0 Å². The first-order chi connectivity index (χ1) is 13.7. The molecule has 0 bridgehead atoms. The summed E-state index contributed by atoms with van der Waals surface area (Å²) in [6, 6.07) is 9.01. The molecule has 0 radical (unpaired) electrons. The quantitative estimate of drug-likeness (QED) is 0.394. The number of hydrogen-bond acceptors (Lipinski definition) is 4. The van der Waals surface area contributed by atoms with E-state index in [0.29, 0.717) is 11.1 Å². The first-order valence-corrected chi connectivity index (χ1v) is 9.53. The molecule has 2 aromatic rings. The van der Waals surface area contributed by atoms with Crippen LogP contribution in [0.2, 0.25) is 10.0 Å². The molecule has 150 valence electrons. The molecule has 1 aliphatic heterocycles. The van der Waals surface area contributed by atoms with E-state index in [1.807, 2.05) is 0 Å². The number of thiocarbonyl (C=S) groups is 1. The number of halogens is 3. The molecule has 1 heterocycles. The van der Waals surface area contributed by atoms with Gasteiger partial charge in [-0.1, -0.05) is 35.3 Å². The molecule has 3 rings (SSSR count). The Hall–Kier alpha value is -2.48. The normalized spacial score (nSPS) is 14.5. The molecule has 29 heavy (non-hydrogen) atoms. The molecule has 2 amide bonds. The fraction of sp³-hybridized carbons (Fsp3) is 0.150. The standard InChI is InChI=1S/C20H15Cl2FN2O3S/c1-24-18(26)14(19(27)25(2)20(24)29)7-12-8-15(21)17(16(22)9-12)28-10-11-4-3-5-13(23)6-11/h3-9H,10H2,1-2H3. The number of rotatable bonds is 4. The van der Waals surface area contributed by atoms with Crippen LogP contribution in [0.15, 0.2) is 42.0 Å². The number of carbonyl (C=O) groups excluding carboxylic acids is 2. The van der Waals surface area contributed by atoms with E-state index in [-0.39, 0.29) is 38.9 Å². The summed E-state index contributed by atoms with van der Waals surface area (Å²) in [5.41, 5.74) is 0.998. The average Bonchev–Trinajstić information content (AvgIpc) is 2.67. The maximum Gasteiger partial charge on any atom is 0.265 e. The summed E-state index contributed by atoms with van der Waals surface area (Å²) in [6.07, 6.45) is 1.40. The topological polar surface area (TPSA) is 49.9 Å². The maximum absolute atomic E-state index is 13.3. The van der Waals surface area contributed by atoms with Crippen molar-refractivity contribution >= 4 is 58.4 Å². The minimum absolute atomic E-state index is 0.0656. The van der Waals surface area contributed by atoms with Crippen LogP contribution in [0.25, 0.3) is 6.08 Å². The van der Waals surface area contributed by atoms with E-state index in [0.717, 1.165) is 0 Å². The Morgan fingerprint density at radius 3 is 2.21 bits per heavy atom. The zero-order valence-corrected chi connectivity index (χ0v) is 17.7. The Balaban J connectivity index is 1.87. The van der Waals surface area contributed by atoms with Crippen molar-refractivity contribution in [1.82, 2.24) is 9.80 Å². The molecular weight excluding hydrogens is 438 g/mol. The van der Waals surface area contributed by atoms with Gasteiger partial charge in [0, 0.05) is 14.1 Å². The molecule has 0 saturated carbocycles. The summed E-state index contributed by atoms with van der Waals surface area (Å²) >= 11 is 17.6. The third-order valence-electron chi connectivity index (χ3n) is 4.25. The summed E-state index contributed by atoms with van der Waals surface area (Å²) in [4.78, 5) is 27.3. The van der Waals surface area contributed by atoms with Crippen LogP contribution >= 0.6 is 35.4 Å². The van der Waals surface area contributed by atoms with Crippen LogP contribution in [0.4, 0.5) is 4.39 Å². The monoisotopic (exact) mass is 452 g/mol. The van der Waals surface area contributed by atoms with Gasteiger partial charge in [-0.15, -0.1) is 0 Å². The summed E-state index contributed by atoms with van der Waals surface area (Å²) in [7, 11) is 2.98. The van der Waals surface area contributed by atoms with Crippen molar-refractivity contribution < 1.29 is 18.7 Å². The Labute approximate surface area is 182 Å². The van der Waals surface area contributed by atoms with Crippen molar-refractivity contribution in [2.75, 3.05) is 14.1 Å². The third kappa shape index (κ3) is 4.42. The van der Waals surface area contributed by atoms with Gasteiger partial charge in [0.05, 0.1) is 10.0 Å². The average molecular weight is 453 g/mol. The molecule has 5 nitrogen and oxygen atoms in total. The highest BCUT2D eigenvalue weighted by Crippen LogP contribution is 2.35. The first kappa shape index (κ1) is 21.2. The SMILES string of the molecule is CN1C(=O)C(=Cc2cc(Cl)c(OCc3cccc(F)c3)c(Cl)c2)C(=O)N(C)C1=S. The van der Waals surface area contributed by atoms with E-state index in [2.05, 4.69) is 0 Å². The summed E-state index contributed by atoms with van der Waals surface area (Å²) in [5, 5.41) is 0.497. The second kappa shape index (κ2) is 8.49. The minimum Gasteiger partial charge on any atom is -0.486 e. The predicted octanol–water partition coefficient (Wildman–Crippen LogP) is 4.31. The van der Waals surface area contributed by atoms with Crippen molar-refractivity contribution in [2.24, 2.45) is 0 Å². The molecule has 0 unspecified atom stereocenters. The highest BCUT2D eigenvalue weighted by Gasteiger charge is 2.35. The fourth-order valence-corrected chi connectivity index (χ4v) is 3.50. The van der Waals surface area contributed by atoms with E-state index in [1.165, 1.54) is 54.2 Å². The highest BCUT2D eigenvalue weighted by molar-refractivity contribution is 7.80. The van der Waals surface area contributed by atoms with E-state index in [1.54, 1.807) is 12.1 Å². The van der Waals surface area contributed by atoms with Gasteiger partial charge in [0.25, 0.3) is 11.8 Å². The second-order valence-electron chi connectivity index (χ2n) is 6.30. The van der Waals surface area contributed by atoms with Gasteiger partial charge in [-0.05, 0) is 53.7 Å². The number of hydrogen-bond donors (Lipinski definition) is 0. The predicted molar refractivity (Wildman–Crippen MR) is 113 cm³/mol. The number of amides is 2. The molecule has 2 aromatic carbocycles. The van der Waals surface area contributed by atoms with Crippen LogP contribution in [0, 0.1) is 5.82 Å². The van der Waals surface area contributed by atoms with E-state index >= 15 is 0 Å². The van der Waals surface area contributed by atoms with Gasteiger partial charge in [-0.3, -0.25) is 19.4 Å². The molecule has 1 saturated heterocycles. The minimum atomic E-state index is -0.517. The second-order valence-corrected chi connectivity index (χ2v) is 7.48. The zero-order chi connectivity index (χ0) is 21.3. The molecule has 0 N–H and O–H groups in total. The van der Waals surface area contributed by atoms with Gasteiger partial charge in [0.1, 0.15) is 18.0 Å². The van der Waals surface area contributed by atoms with Crippen LogP contribution in [0.5, 0.6) is 5.75 Å². The van der Waals surface area contributed by atoms with E-state index in [9.17, 15) is 14.0 Å². The van der Waals surface area contributed by atoms with Crippen LogP contribution in [0.3, 0.4) is 0 Å². The van der Waals surface area contributed by atoms with Gasteiger partial charge < -0.3 is 4.74 Å².